The van der Waals surface area contributed by atoms with Crippen molar-refractivity contribution in [2.75, 3.05) is 6.54 Å². The molecule has 21 heavy (non-hydrogen) atoms. The van der Waals surface area contributed by atoms with Crippen LogP contribution in [0.25, 0.3) is 0 Å². The first-order valence-corrected chi connectivity index (χ1v) is 7.54. The van der Waals surface area contributed by atoms with Crippen molar-refractivity contribution in [1.82, 2.24) is 15.1 Å². The van der Waals surface area contributed by atoms with E-state index >= 15 is 0 Å². The van der Waals surface area contributed by atoms with Crippen molar-refractivity contribution < 1.29 is 4.79 Å². The van der Waals surface area contributed by atoms with Gasteiger partial charge in [-0.05, 0) is 37.5 Å². The first-order chi connectivity index (χ1) is 10.1. The minimum atomic E-state index is -0.0723. The van der Waals surface area contributed by atoms with Crippen molar-refractivity contribution in [2.45, 2.75) is 33.2 Å². The van der Waals surface area contributed by atoms with Crippen molar-refractivity contribution in [3.05, 3.63) is 52.3 Å². The number of aromatic nitrogens is 2. The van der Waals surface area contributed by atoms with Crippen LogP contribution < -0.4 is 5.32 Å². The summed E-state index contributed by atoms with van der Waals surface area (Å²) < 4.78 is 1.82. The highest BCUT2D eigenvalue weighted by Crippen LogP contribution is 2.11. The lowest BCUT2D eigenvalue weighted by atomic mass is 10.1. The molecule has 0 aliphatic heterocycles. The van der Waals surface area contributed by atoms with Crippen LogP contribution in [0.4, 0.5) is 0 Å². The highest BCUT2D eigenvalue weighted by molar-refractivity contribution is 6.30. The van der Waals surface area contributed by atoms with E-state index in [1.54, 1.807) is 0 Å². The zero-order chi connectivity index (χ0) is 15.2. The van der Waals surface area contributed by atoms with Crippen LogP contribution in [0.3, 0.4) is 0 Å². The van der Waals surface area contributed by atoms with Crippen molar-refractivity contribution in [2.24, 2.45) is 0 Å². The average Bonchev–Trinajstić information content (AvgIpc) is 2.80. The Labute approximate surface area is 130 Å². The van der Waals surface area contributed by atoms with Gasteiger partial charge in [-0.3, -0.25) is 9.48 Å². The normalized spacial score (nSPS) is 10.6. The minimum Gasteiger partial charge on any atom is -0.352 e. The van der Waals surface area contributed by atoms with Crippen LogP contribution >= 0.6 is 11.6 Å². The van der Waals surface area contributed by atoms with E-state index in [2.05, 4.69) is 17.3 Å². The largest absolute Gasteiger partial charge is 0.352 e. The van der Waals surface area contributed by atoms with Crippen LogP contribution in [0, 0.1) is 6.92 Å². The third-order valence-electron chi connectivity index (χ3n) is 3.23. The van der Waals surface area contributed by atoms with Gasteiger partial charge in [0.1, 0.15) is 0 Å². The summed E-state index contributed by atoms with van der Waals surface area (Å²) in [5.41, 5.74) is 2.53. The number of halogens is 1. The molecule has 1 aromatic carbocycles. The quantitative estimate of drug-likeness (QED) is 0.890. The lowest BCUT2D eigenvalue weighted by molar-refractivity contribution is 0.0953. The third kappa shape index (κ3) is 4.33. The van der Waals surface area contributed by atoms with E-state index in [1.165, 1.54) is 0 Å². The van der Waals surface area contributed by atoms with E-state index in [0.717, 1.165) is 35.7 Å². The Morgan fingerprint density at radius 3 is 2.95 bits per heavy atom. The molecule has 5 heteroatoms. The predicted octanol–water partition coefficient (Wildman–Crippen LogP) is 3.23. The fourth-order valence-corrected chi connectivity index (χ4v) is 2.41. The molecule has 0 saturated heterocycles. The Balaban J connectivity index is 1.90. The molecule has 112 valence electrons. The first kappa shape index (κ1) is 15.6. The molecule has 2 aromatic rings. The summed E-state index contributed by atoms with van der Waals surface area (Å²) in [6, 6.07) is 7.67. The maximum absolute atomic E-state index is 12.1. The lowest BCUT2D eigenvalue weighted by Crippen LogP contribution is -2.26. The van der Waals surface area contributed by atoms with Crippen LogP contribution in [-0.2, 0) is 13.0 Å². The second kappa shape index (κ2) is 7.27. The molecule has 1 amide bonds. The molecule has 0 spiro atoms. The molecule has 0 radical (unpaired) electrons. The summed E-state index contributed by atoms with van der Waals surface area (Å²) in [5.74, 6) is -0.0723. The molecule has 1 heterocycles. The molecule has 0 aliphatic rings. The second-order valence-corrected chi connectivity index (χ2v) is 5.46. The zero-order valence-corrected chi connectivity index (χ0v) is 13.2. The molecule has 1 aromatic heterocycles. The number of nitrogens with zero attached hydrogens (tertiary/aromatic N) is 2. The number of benzene rings is 1. The van der Waals surface area contributed by atoms with Gasteiger partial charge in [0.25, 0.3) is 5.91 Å². The van der Waals surface area contributed by atoms with Gasteiger partial charge >= 0.3 is 0 Å². The molecule has 2 rings (SSSR count). The number of aryl methyl sites for hydroxylation is 2. The Morgan fingerprint density at radius 2 is 2.24 bits per heavy atom. The molecular weight excluding hydrogens is 286 g/mol. The lowest BCUT2D eigenvalue weighted by Gasteiger charge is -2.05. The molecule has 0 atom stereocenters. The topological polar surface area (TPSA) is 46.9 Å². The number of rotatable bonds is 6. The summed E-state index contributed by atoms with van der Waals surface area (Å²) in [5, 5.41) is 7.98. The number of hydrogen-bond acceptors (Lipinski definition) is 2. The zero-order valence-electron chi connectivity index (χ0n) is 12.4. The SMILES string of the molecule is CCCn1cc(C(=O)NCCc2cccc(Cl)c2)c(C)n1. The van der Waals surface area contributed by atoms with Gasteiger partial charge in [0.2, 0.25) is 0 Å². The second-order valence-electron chi connectivity index (χ2n) is 5.03. The van der Waals surface area contributed by atoms with E-state index in [4.69, 9.17) is 11.6 Å². The van der Waals surface area contributed by atoms with Gasteiger partial charge in [-0.1, -0.05) is 30.7 Å². The average molecular weight is 306 g/mol. The van der Waals surface area contributed by atoms with Gasteiger partial charge in [-0.25, -0.2) is 0 Å². The van der Waals surface area contributed by atoms with Gasteiger partial charge in [-0.15, -0.1) is 0 Å². The Bertz CT molecular complexity index is 622. The molecule has 0 aliphatic carbocycles. The van der Waals surface area contributed by atoms with Gasteiger partial charge in [-0.2, -0.15) is 5.10 Å². The summed E-state index contributed by atoms with van der Waals surface area (Å²) >= 11 is 5.94. The molecule has 0 fully saturated rings. The van der Waals surface area contributed by atoms with E-state index in [9.17, 15) is 4.79 Å². The molecule has 4 nitrogen and oxygen atoms in total. The fraction of sp³-hybridized carbons (Fsp3) is 0.375. The van der Waals surface area contributed by atoms with Gasteiger partial charge in [0, 0.05) is 24.3 Å². The molecule has 0 saturated carbocycles. The molecule has 0 bridgehead atoms. The van der Waals surface area contributed by atoms with Crippen LogP contribution in [0.1, 0.15) is 35.0 Å². The van der Waals surface area contributed by atoms with Crippen molar-refractivity contribution in [1.29, 1.82) is 0 Å². The van der Waals surface area contributed by atoms with Crippen LogP contribution in [0.15, 0.2) is 30.5 Å². The molecular formula is C16H20ClN3O. The van der Waals surface area contributed by atoms with Crippen molar-refractivity contribution in [3.63, 3.8) is 0 Å². The fourth-order valence-electron chi connectivity index (χ4n) is 2.19. The van der Waals surface area contributed by atoms with Crippen LogP contribution in [-0.4, -0.2) is 22.2 Å². The van der Waals surface area contributed by atoms with Crippen LogP contribution in [0.2, 0.25) is 5.02 Å². The summed E-state index contributed by atoms with van der Waals surface area (Å²) in [7, 11) is 0. The van der Waals surface area contributed by atoms with Gasteiger partial charge in [0.05, 0.1) is 11.3 Å². The van der Waals surface area contributed by atoms with Crippen LogP contribution in [0.5, 0.6) is 0 Å². The van der Waals surface area contributed by atoms with Gasteiger partial charge in [0.15, 0.2) is 0 Å². The highest BCUT2D eigenvalue weighted by Gasteiger charge is 2.12. The number of hydrogen-bond donors (Lipinski definition) is 1. The van der Waals surface area contributed by atoms with E-state index in [-0.39, 0.29) is 5.91 Å². The van der Waals surface area contributed by atoms with Gasteiger partial charge < -0.3 is 5.32 Å². The Morgan fingerprint density at radius 1 is 1.43 bits per heavy atom. The highest BCUT2D eigenvalue weighted by atomic mass is 35.5. The first-order valence-electron chi connectivity index (χ1n) is 7.17. The monoisotopic (exact) mass is 305 g/mol. The number of carbonyl (C=O) groups is 1. The van der Waals surface area contributed by atoms with Crippen molar-refractivity contribution in [3.8, 4) is 0 Å². The minimum absolute atomic E-state index is 0.0723. The summed E-state index contributed by atoms with van der Waals surface area (Å²) in [6.45, 7) is 5.36. The van der Waals surface area contributed by atoms with E-state index < -0.39 is 0 Å². The van der Waals surface area contributed by atoms with E-state index in [1.807, 2.05) is 42.1 Å². The third-order valence-corrected chi connectivity index (χ3v) is 3.47. The Hall–Kier alpha value is -1.81. The standard InChI is InChI=1S/C16H20ClN3O/c1-3-9-20-11-15(12(2)19-20)16(21)18-8-7-13-5-4-6-14(17)10-13/h4-6,10-11H,3,7-9H2,1-2H3,(H,18,21). The summed E-state index contributed by atoms with van der Waals surface area (Å²) in [6.07, 6.45) is 3.57. The van der Waals surface area contributed by atoms with E-state index in [0.29, 0.717) is 12.1 Å². The molecule has 1 N–H and O–H groups in total. The van der Waals surface area contributed by atoms with Crippen molar-refractivity contribution >= 4 is 17.5 Å². The smallest absolute Gasteiger partial charge is 0.254 e. The number of amides is 1. The predicted molar refractivity (Wildman–Crippen MR) is 84.7 cm³/mol. The maximum atomic E-state index is 12.1. The summed E-state index contributed by atoms with van der Waals surface area (Å²) in [4.78, 5) is 12.1. The maximum Gasteiger partial charge on any atom is 0.254 e. The molecule has 0 unspecified atom stereocenters. The number of carbonyl (C=O) groups excluding carboxylic acids is 1. The number of nitrogens with one attached hydrogen (secondary N) is 1. The Kier molecular flexibility index (Phi) is 5.39.